The summed E-state index contributed by atoms with van der Waals surface area (Å²) in [6.45, 7) is 0.683. The molecule has 0 amide bonds. The Labute approximate surface area is 111 Å². The molecule has 3 rings (SSSR count). The van der Waals surface area contributed by atoms with Crippen molar-refractivity contribution in [2.75, 3.05) is 6.54 Å². The van der Waals surface area contributed by atoms with E-state index in [2.05, 4.69) is 40.6 Å². The van der Waals surface area contributed by atoms with E-state index in [1.54, 1.807) is 0 Å². The van der Waals surface area contributed by atoms with Crippen molar-refractivity contribution in [1.82, 2.24) is 15.0 Å². The largest absolute Gasteiger partial charge is 0.330 e. The van der Waals surface area contributed by atoms with Crippen LogP contribution >= 0.6 is 0 Å². The lowest BCUT2D eigenvalue weighted by molar-refractivity contribution is 0.779. The summed E-state index contributed by atoms with van der Waals surface area (Å²) in [6, 6.07) is 14.6. The average Bonchev–Trinajstić information content (AvgIpc) is 2.93. The first-order chi connectivity index (χ1) is 9.36. The molecule has 19 heavy (non-hydrogen) atoms. The molecule has 4 heteroatoms. The Bertz CT molecular complexity index is 687. The van der Waals surface area contributed by atoms with Crippen LogP contribution in [0.4, 0.5) is 0 Å². The highest BCUT2D eigenvalue weighted by Crippen LogP contribution is 2.18. The number of nitrogens with zero attached hydrogens (tertiary/aromatic N) is 3. The second-order valence-electron chi connectivity index (χ2n) is 4.58. The van der Waals surface area contributed by atoms with E-state index in [0.29, 0.717) is 6.54 Å². The van der Waals surface area contributed by atoms with Crippen LogP contribution in [0.1, 0.15) is 12.1 Å². The number of fused-ring (bicyclic) bond motifs is 1. The Balaban J connectivity index is 1.92. The molecule has 0 aliphatic heterocycles. The van der Waals surface area contributed by atoms with Crippen LogP contribution in [0.3, 0.4) is 0 Å². The first-order valence-electron chi connectivity index (χ1n) is 6.47. The first kappa shape index (κ1) is 11.9. The summed E-state index contributed by atoms with van der Waals surface area (Å²) >= 11 is 0. The topological polar surface area (TPSA) is 56.7 Å². The molecule has 0 fully saturated rings. The normalized spacial score (nSPS) is 11.0. The van der Waals surface area contributed by atoms with Gasteiger partial charge in [0.1, 0.15) is 0 Å². The first-order valence-corrected chi connectivity index (χ1v) is 6.47. The van der Waals surface area contributed by atoms with Crippen molar-refractivity contribution in [2.45, 2.75) is 12.8 Å². The molecule has 3 aromatic rings. The maximum atomic E-state index is 5.50. The number of benzene rings is 2. The lowest BCUT2D eigenvalue weighted by Crippen LogP contribution is -2.00. The highest BCUT2D eigenvalue weighted by Gasteiger charge is 2.03. The molecule has 0 bridgehead atoms. The van der Waals surface area contributed by atoms with Gasteiger partial charge in [0.2, 0.25) is 0 Å². The van der Waals surface area contributed by atoms with Gasteiger partial charge in [-0.3, -0.25) is 0 Å². The molecule has 0 spiro atoms. The highest BCUT2D eigenvalue weighted by molar-refractivity contribution is 5.84. The smallest absolute Gasteiger partial charge is 0.0832 e. The van der Waals surface area contributed by atoms with Crippen LogP contribution in [-0.2, 0) is 6.42 Å². The lowest BCUT2D eigenvalue weighted by Gasteiger charge is -2.02. The minimum atomic E-state index is 0.683. The molecule has 0 aliphatic rings. The summed E-state index contributed by atoms with van der Waals surface area (Å²) in [6.07, 6.45) is 3.79. The van der Waals surface area contributed by atoms with Gasteiger partial charge in [0, 0.05) is 0 Å². The zero-order chi connectivity index (χ0) is 13.1. The quantitative estimate of drug-likeness (QED) is 0.775. The number of hydrogen-bond donors (Lipinski definition) is 1. The van der Waals surface area contributed by atoms with Crippen LogP contribution < -0.4 is 5.73 Å². The SMILES string of the molecule is NCCCc1cn(-c2ccc3ccccc3c2)nn1. The number of aromatic nitrogens is 3. The van der Waals surface area contributed by atoms with Crippen molar-refractivity contribution in [1.29, 1.82) is 0 Å². The molecule has 0 saturated carbocycles. The van der Waals surface area contributed by atoms with Gasteiger partial charge in [-0.05, 0) is 42.3 Å². The van der Waals surface area contributed by atoms with E-state index in [-0.39, 0.29) is 0 Å². The summed E-state index contributed by atoms with van der Waals surface area (Å²) in [7, 11) is 0. The molecule has 0 aliphatic carbocycles. The van der Waals surface area contributed by atoms with E-state index >= 15 is 0 Å². The number of rotatable bonds is 4. The highest BCUT2D eigenvalue weighted by atomic mass is 15.4. The minimum Gasteiger partial charge on any atom is -0.330 e. The van der Waals surface area contributed by atoms with Crippen molar-refractivity contribution in [3.8, 4) is 5.69 Å². The molecular formula is C15H16N4. The predicted molar refractivity (Wildman–Crippen MR) is 76.2 cm³/mol. The van der Waals surface area contributed by atoms with Crippen molar-refractivity contribution >= 4 is 10.8 Å². The zero-order valence-corrected chi connectivity index (χ0v) is 10.7. The van der Waals surface area contributed by atoms with E-state index in [1.807, 2.05) is 23.0 Å². The van der Waals surface area contributed by atoms with Crippen LogP contribution in [0.25, 0.3) is 16.5 Å². The fraction of sp³-hybridized carbons (Fsp3) is 0.200. The third kappa shape index (κ3) is 2.48. The summed E-state index contributed by atoms with van der Waals surface area (Å²) in [4.78, 5) is 0. The molecule has 96 valence electrons. The fourth-order valence-corrected chi connectivity index (χ4v) is 2.14. The predicted octanol–water partition coefficient (Wildman–Crippen LogP) is 2.31. The van der Waals surface area contributed by atoms with Gasteiger partial charge < -0.3 is 5.73 Å². The van der Waals surface area contributed by atoms with Crippen LogP contribution in [0.5, 0.6) is 0 Å². The van der Waals surface area contributed by atoms with E-state index in [1.165, 1.54) is 10.8 Å². The number of nitrogens with two attached hydrogens (primary N) is 1. The third-order valence-electron chi connectivity index (χ3n) is 3.18. The molecule has 1 aromatic heterocycles. The Kier molecular flexibility index (Phi) is 3.25. The molecular weight excluding hydrogens is 236 g/mol. The van der Waals surface area contributed by atoms with Crippen LogP contribution in [0.15, 0.2) is 48.7 Å². The van der Waals surface area contributed by atoms with Crippen LogP contribution in [-0.4, -0.2) is 21.5 Å². The summed E-state index contributed by atoms with van der Waals surface area (Å²) < 4.78 is 1.82. The van der Waals surface area contributed by atoms with E-state index in [4.69, 9.17) is 5.73 Å². The maximum absolute atomic E-state index is 5.50. The Hall–Kier alpha value is -2.20. The molecule has 1 heterocycles. The number of hydrogen-bond acceptors (Lipinski definition) is 3. The van der Waals surface area contributed by atoms with E-state index in [9.17, 15) is 0 Å². The molecule has 0 unspecified atom stereocenters. The van der Waals surface area contributed by atoms with Gasteiger partial charge >= 0.3 is 0 Å². The maximum Gasteiger partial charge on any atom is 0.0832 e. The number of aryl methyl sites for hydroxylation is 1. The Morgan fingerprint density at radius 3 is 2.74 bits per heavy atom. The van der Waals surface area contributed by atoms with Crippen molar-refractivity contribution in [3.05, 3.63) is 54.4 Å². The van der Waals surface area contributed by atoms with Crippen LogP contribution in [0, 0.1) is 0 Å². The van der Waals surface area contributed by atoms with Crippen molar-refractivity contribution in [3.63, 3.8) is 0 Å². The Morgan fingerprint density at radius 1 is 1.05 bits per heavy atom. The summed E-state index contributed by atoms with van der Waals surface area (Å²) in [5, 5.41) is 10.8. The van der Waals surface area contributed by atoms with Gasteiger partial charge in [-0.15, -0.1) is 5.10 Å². The van der Waals surface area contributed by atoms with E-state index < -0.39 is 0 Å². The van der Waals surface area contributed by atoms with Gasteiger partial charge in [-0.25, -0.2) is 4.68 Å². The molecule has 0 radical (unpaired) electrons. The molecule has 2 N–H and O–H groups in total. The lowest BCUT2D eigenvalue weighted by atomic mass is 10.1. The second-order valence-corrected chi connectivity index (χ2v) is 4.58. The standard InChI is InChI=1S/C15H16N4/c16-9-3-6-14-11-19(18-17-14)15-8-7-12-4-1-2-5-13(12)10-15/h1-2,4-5,7-8,10-11H,3,6,9,16H2. The average molecular weight is 252 g/mol. The fourth-order valence-electron chi connectivity index (χ4n) is 2.14. The van der Waals surface area contributed by atoms with Crippen LogP contribution in [0.2, 0.25) is 0 Å². The monoisotopic (exact) mass is 252 g/mol. The zero-order valence-electron chi connectivity index (χ0n) is 10.7. The minimum absolute atomic E-state index is 0.683. The second kappa shape index (κ2) is 5.20. The van der Waals surface area contributed by atoms with Gasteiger partial charge in [0.25, 0.3) is 0 Å². The molecule has 0 atom stereocenters. The molecule has 0 saturated heterocycles. The third-order valence-corrected chi connectivity index (χ3v) is 3.18. The molecule has 4 nitrogen and oxygen atoms in total. The summed E-state index contributed by atoms with van der Waals surface area (Å²) in [5.74, 6) is 0. The van der Waals surface area contributed by atoms with Gasteiger partial charge in [0.15, 0.2) is 0 Å². The molecule has 2 aromatic carbocycles. The van der Waals surface area contributed by atoms with Gasteiger partial charge in [-0.1, -0.05) is 35.5 Å². The van der Waals surface area contributed by atoms with Gasteiger partial charge in [-0.2, -0.15) is 0 Å². The van der Waals surface area contributed by atoms with Gasteiger partial charge in [0.05, 0.1) is 17.6 Å². The summed E-state index contributed by atoms with van der Waals surface area (Å²) in [5.41, 5.74) is 7.52. The van der Waals surface area contributed by atoms with Crippen molar-refractivity contribution in [2.24, 2.45) is 5.73 Å². The van der Waals surface area contributed by atoms with Crippen molar-refractivity contribution < 1.29 is 0 Å². The van der Waals surface area contributed by atoms with E-state index in [0.717, 1.165) is 24.2 Å². The Morgan fingerprint density at radius 2 is 1.89 bits per heavy atom.